The summed E-state index contributed by atoms with van der Waals surface area (Å²) in [4.78, 5) is 0. The number of hydrogen-bond acceptors (Lipinski definition) is 3. The van der Waals surface area contributed by atoms with Gasteiger partial charge in [0.15, 0.2) is 0 Å². The van der Waals surface area contributed by atoms with E-state index in [2.05, 4.69) is 34.3 Å². The quantitative estimate of drug-likeness (QED) is 0.762. The number of aliphatic hydroxyl groups excluding tert-OH is 2. The molecule has 3 aliphatic rings. The van der Waals surface area contributed by atoms with E-state index in [1.807, 2.05) is 6.08 Å². The first-order chi connectivity index (χ1) is 10.6. The molecular formula is C20H34O3. The molecule has 2 unspecified atom stereocenters. The van der Waals surface area contributed by atoms with Crippen molar-refractivity contribution in [2.45, 2.75) is 83.5 Å². The fourth-order valence-corrected chi connectivity index (χ4v) is 6.73. The highest BCUT2D eigenvalue weighted by atomic mass is 16.5. The van der Waals surface area contributed by atoms with E-state index in [0.717, 1.165) is 32.1 Å². The molecule has 1 heterocycles. The molecule has 3 rings (SSSR count). The zero-order valence-corrected chi connectivity index (χ0v) is 15.3. The van der Waals surface area contributed by atoms with Crippen LogP contribution in [0.25, 0.3) is 0 Å². The van der Waals surface area contributed by atoms with Crippen molar-refractivity contribution in [3.05, 3.63) is 12.7 Å². The van der Waals surface area contributed by atoms with Gasteiger partial charge in [-0.05, 0) is 62.2 Å². The third-order valence-electron chi connectivity index (χ3n) is 7.65. The maximum Gasteiger partial charge on any atom is 0.0839 e. The summed E-state index contributed by atoms with van der Waals surface area (Å²) in [6.45, 7) is 12.9. The average molecular weight is 322 g/mol. The van der Waals surface area contributed by atoms with Crippen LogP contribution in [0.2, 0.25) is 0 Å². The van der Waals surface area contributed by atoms with Gasteiger partial charge >= 0.3 is 0 Å². The Kier molecular flexibility index (Phi) is 4.02. The fraction of sp³-hybridized carbons (Fsp3) is 0.900. The van der Waals surface area contributed by atoms with Crippen LogP contribution in [0, 0.1) is 22.7 Å². The Balaban J connectivity index is 2.01. The molecule has 0 radical (unpaired) electrons. The van der Waals surface area contributed by atoms with Crippen molar-refractivity contribution >= 4 is 0 Å². The van der Waals surface area contributed by atoms with Crippen molar-refractivity contribution in [1.29, 1.82) is 0 Å². The molecule has 0 bridgehead atoms. The lowest BCUT2D eigenvalue weighted by molar-refractivity contribution is -0.281. The lowest BCUT2D eigenvalue weighted by atomic mass is 9.43. The molecule has 1 aliphatic heterocycles. The van der Waals surface area contributed by atoms with Crippen LogP contribution >= 0.6 is 0 Å². The number of hydrogen-bond donors (Lipinski definition) is 2. The van der Waals surface area contributed by atoms with Gasteiger partial charge in [-0.25, -0.2) is 0 Å². The van der Waals surface area contributed by atoms with Gasteiger partial charge in [-0.2, -0.15) is 0 Å². The van der Waals surface area contributed by atoms with Crippen molar-refractivity contribution in [3.63, 3.8) is 0 Å². The van der Waals surface area contributed by atoms with Crippen LogP contribution in [0.15, 0.2) is 12.7 Å². The van der Waals surface area contributed by atoms with Crippen LogP contribution in [-0.4, -0.2) is 34.1 Å². The predicted molar refractivity (Wildman–Crippen MR) is 92.1 cm³/mol. The van der Waals surface area contributed by atoms with Gasteiger partial charge in [0, 0.05) is 13.0 Å². The van der Waals surface area contributed by atoms with Crippen molar-refractivity contribution in [1.82, 2.24) is 0 Å². The summed E-state index contributed by atoms with van der Waals surface area (Å²) in [6, 6.07) is 0. The van der Waals surface area contributed by atoms with E-state index in [1.165, 1.54) is 0 Å². The van der Waals surface area contributed by atoms with Gasteiger partial charge in [-0.15, -0.1) is 6.58 Å². The van der Waals surface area contributed by atoms with Gasteiger partial charge < -0.3 is 14.9 Å². The molecule has 3 nitrogen and oxygen atoms in total. The second kappa shape index (κ2) is 5.31. The fourth-order valence-electron chi connectivity index (χ4n) is 6.73. The van der Waals surface area contributed by atoms with Crippen molar-refractivity contribution in [2.75, 3.05) is 6.61 Å². The van der Waals surface area contributed by atoms with Gasteiger partial charge in [0.25, 0.3) is 0 Å². The van der Waals surface area contributed by atoms with E-state index >= 15 is 0 Å². The maximum atomic E-state index is 11.1. The van der Waals surface area contributed by atoms with Gasteiger partial charge in [0.1, 0.15) is 0 Å². The van der Waals surface area contributed by atoms with E-state index < -0.39 is 6.10 Å². The molecule has 3 heteroatoms. The number of ether oxygens (including phenoxy) is 1. The molecule has 132 valence electrons. The minimum absolute atomic E-state index is 0.0324. The molecule has 0 aromatic rings. The molecule has 0 spiro atoms. The summed E-state index contributed by atoms with van der Waals surface area (Å²) >= 11 is 0. The Morgan fingerprint density at radius 1 is 1.17 bits per heavy atom. The summed E-state index contributed by atoms with van der Waals surface area (Å²) < 4.78 is 6.56. The van der Waals surface area contributed by atoms with E-state index in [0.29, 0.717) is 12.3 Å². The van der Waals surface area contributed by atoms with E-state index in [4.69, 9.17) is 4.74 Å². The lowest BCUT2D eigenvalue weighted by Gasteiger charge is -2.66. The monoisotopic (exact) mass is 322 g/mol. The van der Waals surface area contributed by atoms with Gasteiger partial charge in [0.2, 0.25) is 0 Å². The van der Waals surface area contributed by atoms with Crippen molar-refractivity contribution in [3.8, 4) is 0 Å². The first-order valence-electron chi connectivity index (χ1n) is 9.25. The molecule has 3 fully saturated rings. The maximum absolute atomic E-state index is 11.1. The summed E-state index contributed by atoms with van der Waals surface area (Å²) in [5, 5.41) is 21.1. The average Bonchev–Trinajstić information content (AvgIpc) is 2.45. The minimum Gasteiger partial charge on any atom is -0.396 e. The van der Waals surface area contributed by atoms with Crippen molar-refractivity contribution < 1.29 is 14.9 Å². The summed E-state index contributed by atoms with van der Waals surface area (Å²) in [6.07, 6.45) is 7.54. The van der Waals surface area contributed by atoms with Crippen LogP contribution in [0.5, 0.6) is 0 Å². The van der Waals surface area contributed by atoms with Gasteiger partial charge in [-0.1, -0.05) is 26.3 Å². The molecule has 23 heavy (non-hydrogen) atoms. The Hall–Kier alpha value is -0.380. The SMILES string of the molecule is C=C[C@@]1(C)CCC2[C@]3(C)CCCC(C)(CO)[C@@H]3[C@H](O)C[C@]2(C)O1. The molecule has 2 saturated carbocycles. The Morgan fingerprint density at radius 2 is 1.87 bits per heavy atom. The standard InChI is InChI=1S/C20H34O3/c1-6-18(3)11-8-15-19(4)10-7-9-17(2,13-21)16(19)14(22)12-20(15,5)23-18/h6,14-16,21-22H,1,7-13H2,2-5H3/t14-,15?,16+,17?,18+,19+,20+/m1/s1. The molecule has 0 amide bonds. The molecule has 2 aliphatic carbocycles. The van der Waals surface area contributed by atoms with Gasteiger partial charge in [-0.3, -0.25) is 0 Å². The zero-order valence-electron chi connectivity index (χ0n) is 15.3. The lowest BCUT2D eigenvalue weighted by Crippen LogP contribution is -2.67. The number of fused-ring (bicyclic) bond motifs is 3. The molecular weight excluding hydrogens is 288 g/mol. The molecule has 2 N–H and O–H groups in total. The molecule has 0 aromatic heterocycles. The second-order valence-electron chi connectivity index (χ2n) is 9.44. The smallest absolute Gasteiger partial charge is 0.0839 e. The van der Waals surface area contributed by atoms with Crippen LogP contribution in [0.1, 0.15) is 66.2 Å². The highest BCUT2D eigenvalue weighted by Crippen LogP contribution is 2.65. The highest BCUT2D eigenvalue weighted by molar-refractivity contribution is 5.15. The normalized spacial score (nSPS) is 56.5. The van der Waals surface area contributed by atoms with Crippen molar-refractivity contribution in [2.24, 2.45) is 22.7 Å². The minimum atomic E-state index is -0.411. The largest absolute Gasteiger partial charge is 0.396 e. The number of aliphatic hydroxyl groups is 2. The van der Waals surface area contributed by atoms with Crippen LogP contribution < -0.4 is 0 Å². The Bertz CT molecular complexity index is 491. The van der Waals surface area contributed by atoms with Crippen LogP contribution in [-0.2, 0) is 4.74 Å². The Labute approximate surface area is 141 Å². The second-order valence-corrected chi connectivity index (χ2v) is 9.44. The zero-order chi connectivity index (χ0) is 17.1. The third-order valence-corrected chi connectivity index (χ3v) is 7.65. The van der Waals surface area contributed by atoms with Crippen LogP contribution in [0.3, 0.4) is 0 Å². The van der Waals surface area contributed by atoms with E-state index in [9.17, 15) is 10.2 Å². The molecule has 0 aromatic carbocycles. The third kappa shape index (κ3) is 2.42. The van der Waals surface area contributed by atoms with Crippen LogP contribution in [0.4, 0.5) is 0 Å². The summed E-state index contributed by atoms with van der Waals surface area (Å²) in [5.74, 6) is 0.589. The van der Waals surface area contributed by atoms with Gasteiger partial charge in [0.05, 0.1) is 17.3 Å². The summed E-state index contributed by atoms with van der Waals surface area (Å²) in [7, 11) is 0. The topological polar surface area (TPSA) is 49.7 Å². The first kappa shape index (κ1) is 17.4. The predicted octanol–water partition coefficient (Wildman–Crippen LogP) is 3.69. The first-order valence-corrected chi connectivity index (χ1v) is 9.25. The van der Waals surface area contributed by atoms with E-state index in [-0.39, 0.29) is 34.6 Å². The Morgan fingerprint density at radius 3 is 2.48 bits per heavy atom. The summed E-state index contributed by atoms with van der Waals surface area (Å²) in [5.41, 5.74) is -0.736. The number of rotatable bonds is 2. The molecule has 1 saturated heterocycles. The van der Waals surface area contributed by atoms with E-state index in [1.54, 1.807) is 0 Å². The molecule has 7 atom stereocenters. The highest BCUT2D eigenvalue weighted by Gasteiger charge is 2.64.